The highest BCUT2D eigenvalue weighted by atomic mass is 16.3. The van der Waals surface area contributed by atoms with Gasteiger partial charge < -0.3 is 9.73 Å². The number of aromatic nitrogens is 2. The summed E-state index contributed by atoms with van der Waals surface area (Å²) in [6.07, 6.45) is 9.44. The van der Waals surface area contributed by atoms with Crippen LogP contribution in [0.2, 0.25) is 0 Å². The Bertz CT molecular complexity index is 574. The Labute approximate surface area is 136 Å². The van der Waals surface area contributed by atoms with E-state index in [0.29, 0.717) is 19.5 Å². The van der Waals surface area contributed by atoms with E-state index in [0.717, 1.165) is 18.8 Å². The Balaban J connectivity index is 1.52. The van der Waals surface area contributed by atoms with E-state index < -0.39 is 0 Å². The van der Waals surface area contributed by atoms with Crippen molar-refractivity contribution in [2.75, 3.05) is 19.6 Å². The molecule has 23 heavy (non-hydrogen) atoms. The third-order valence-electron chi connectivity index (χ3n) is 4.32. The molecule has 0 unspecified atom stereocenters. The maximum absolute atomic E-state index is 12.1. The summed E-state index contributed by atoms with van der Waals surface area (Å²) in [6, 6.07) is 5.89. The number of carbonyl (C=O) groups is 1. The number of furan rings is 1. The minimum absolute atomic E-state index is 0.0501. The Morgan fingerprint density at radius 1 is 1.30 bits per heavy atom. The van der Waals surface area contributed by atoms with Gasteiger partial charge in [-0.1, -0.05) is 6.42 Å². The van der Waals surface area contributed by atoms with Gasteiger partial charge in [0, 0.05) is 31.9 Å². The van der Waals surface area contributed by atoms with Crippen molar-refractivity contribution in [2.45, 2.75) is 38.3 Å². The number of nitrogens with one attached hydrogen (secondary N) is 1. The van der Waals surface area contributed by atoms with Gasteiger partial charge in [-0.2, -0.15) is 5.10 Å². The van der Waals surface area contributed by atoms with E-state index in [-0.39, 0.29) is 11.9 Å². The average Bonchev–Trinajstić information content (AvgIpc) is 3.28. The minimum atomic E-state index is 0.0501. The molecule has 1 fully saturated rings. The van der Waals surface area contributed by atoms with Crippen LogP contribution in [0.1, 0.15) is 37.5 Å². The molecule has 1 atom stereocenters. The zero-order valence-corrected chi connectivity index (χ0v) is 13.4. The third kappa shape index (κ3) is 4.45. The molecular formula is C17H24N4O2. The molecule has 0 spiro atoms. The first-order valence-electron chi connectivity index (χ1n) is 8.34. The maximum atomic E-state index is 12.1. The smallest absolute Gasteiger partial charge is 0.221 e. The lowest BCUT2D eigenvalue weighted by Gasteiger charge is -2.33. The van der Waals surface area contributed by atoms with Crippen molar-refractivity contribution in [2.24, 2.45) is 0 Å². The number of carbonyl (C=O) groups excluding carboxylic acids is 1. The lowest BCUT2D eigenvalue weighted by molar-refractivity contribution is -0.121. The fourth-order valence-electron chi connectivity index (χ4n) is 3.07. The molecule has 0 bridgehead atoms. The van der Waals surface area contributed by atoms with Gasteiger partial charge in [-0.05, 0) is 44.1 Å². The van der Waals surface area contributed by atoms with Gasteiger partial charge in [-0.25, -0.2) is 0 Å². The number of nitrogens with zero attached hydrogens (tertiary/aromatic N) is 3. The molecule has 1 N–H and O–H groups in total. The highest BCUT2D eigenvalue weighted by Crippen LogP contribution is 2.24. The molecule has 3 heterocycles. The molecule has 2 aromatic rings. The lowest BCUT2D eigenvalue weighted by atomic mass is 10.1. The van der Waals surface area contributed by atoms with Crippen LogP contribution in [0.4, 0.5) is 0 Å². The molecule has 1 aliphatic heterocycles. The first-order valence-corrected chi connectivity index (χ1v) is 8.34. The maximum Gasteiger partial charge on any atom is 0.221 e. The van der Waals surface area contributed by atoms with Crippen LogP contribution in [0.25, 0.3) is 0 Å². The van der Waals surface area contributed by atoms with Gasteiger partial charge in [0.1, 0.15) is 5.76 Å². The molecule has 6 nitrogen and oxygen atoms in total. The van der Waals surface area contributed by atoms with Crippen LogP contribution in [0.15, 0.2) is 41.3 Å². The lowest BCUT2D eigenvalue weighted by Crippen LogP contribution is -2.40. The molecule has 2 aromatic heterocycles. The van der Waals surface area contributed by atoms with E-state index in [2.05, 4.69) is 15.3 Å². The van der Waals surface area contributed by atoms with Gasteiger partial charge >= 0.3 is 0 Å². The van der Waals surface area contributed by atoms with Crippen molar-refractivity contribution in [1.29, 1.82) is 0 Å². The second-order valence-corrected chi connectivity index (χ2v) is 5.95. The van der Waals surface area contributed by atoms with Crippen LogP contribution < -0.4 is 5.32 Å². The molecule has 0 saturated carbocycles. The molecule has 1 aliphatic rings. The normalized spacial score (nSPS) is 17.0. The molecule has 1 saturated heterocycles. The summed E-state index contributed by atoms with van der Waals surface area (Å²) >= 11 is 0. The highest BCUT2D eigenvalue weighted by molar-refractivity contribution is 5.75. The van der Waals surface area contributed by atoms with E-state index in [1.165, 1.54) is 19.3 Å². The van der Waals surface area contributed by atoms with Gasteiger partial charge in [0.05, 0.1) is 12.3 Å². The van der Waals surface area contributed by atoms with Crippen LogP contribution in [0, 0.1) is 0 Å². The predicted molar refractivity (Wildman–Crippen MR) is 86.7 cm³/mol. The van der Waals surface area contributed by atoms with E-state index in [4.69, 9.17) is 4.42 Å². The summed E-state index contributed by atoms with van der Waals surface area (Å²) < 4.78 is 7.37. The zero-order valence-electron chi connectivity index (χ0n) is 13.4. The van der Waals surface area contributed by atoms with Gasteiger partial charge in [0.2, 0.25) is 5.91 Å². The van der Waals surface area contributed by atoms with Crippen LogP contribution in [-0.2, 0) is 11.3 Å². The van der Waals surface area contributed by atoms with Crippen LogP contribution in [0.3, 0.4) is 0 Å². The first kappa shape index (κ1) is 15.8. The molecule has 0 aliphatic carbocycles. The Hall–Kier alpha value is -2.08. The van der Waals surface area contributed by atoms with Crippen LogP contribution in [0.5, 0.6) is 0 Å². The fraction of sp³-hybridized carbons (Fsp3) is 0.529. The second kappa shape index (κ2) is 7.97. The average molecular weight is 316 g/mol. The molecule has 3 rings (SSSR count). The van der Waals surface area contributed by atoms with E-state index in [9.17, 15) is 4.79 Å². The first-order chi connectivity index (χ1) is 11.3. The monoisotopic (exact) mass is 316 g/mol. The predicted octanol–water partition coefficient (Wildman–Crippen LogP) is 2.21. The number of rotatable bonds is 7. The van der Waals surface area contributed by atoms with Gasteiger partial charge in [0.15, 0.2) is 0 Å². The number of aryl methyl sites for hydroxylation is 1. The highest BCUT2D eigenvalue weighted by Gasteiger charge is 2.24. The van der Waals surface area contributed by atoms with E-state index in [1.807, 2.05) is 24.4 Å². The number of hydrogen-bond donors (Lipinski definition) is 1. The standard InChI is InChI=1S/C17H24N4O2/c22-17(7-12-21-11-5-8-19-21)18-14-15(16-6-4-13-23-16)20-9-2-1-3-10-20/h4-6,8,11,13,15H,1-3,7,9-10,12,14H2,(H,18,22)/t15-/m1/s1. The van der Waals surface area contributed by atoms with Gasteiger partial charge in [-0.3, -0.25) is 14.4 Å². The molecule has 124 valence electrons. The number of amides is 1. The van der Waals surface area contributed by atoms with E-state index >= 15 is 0 Å². The summed E-state index contributed by atoms with van der Waals surface area (Å²) in [5.41, 5.74) is 0. The quantitative estimate of drug-likeness (QED) is 0.850. The topological polar surface area (TPSA) is 63.3 Å². The summed E-state index contributed by atoms with van der Waals surface area (Å²) in [4.78, 5) is 14.5. The molecule has 1 amide bonds. The number of piperidine rings is 1. The SMILES string of the molecule is O=C(CCn1cccn1)NC[C@H](c1ccco1)N1CCCCC1. The van der Waals surface area contributed by atoms with Crippen molar-refractivity contribution in [3.63, 3.8) is 0 Å². The van der Waals surface area contributed by atoms with E-state index in [1.54, 1.807) is 17.1 Å². The van der Waals surface area contributed by atoms with Crippen molar-refractivity contribution < 1.29 is 9.21 Å². The fourth-order valence-corrected chi connectivity index (χ4v) is 3.07. The van der Waals surface area contributed by atoms with Gasteiger partial charge in [-0.15, -0.1) is 0 Å². The Kier molecular flexibility index (Phi) is 5.47. The van der Waals surface area contributed by atoms with Crippen molar-refractivity contribution in [3.8, 4) is 0 Å². The summed E-state index contributed by atoms with van der Waals surface area (Å²) in [6.45, 7) is 3.32. The Morgan fingerprint density at radius 3 is 2.87 bits per heavy atom. The van der Waals surface area contributed by atoms with Gasteiger partial charge in [0.25, 0.3) is 0 Å². The van der Waals surface area contributed by atoms with Crippen LogP contribution >= 0.6 is 0 Å². The van der Waals surface area contributed by atoms with Crippen molar-refractivity contribution >= 4 is 5.91 Å². The minimum Gasteiger partial charge on any atom is -0.468 e. The largest absolute Gasteiger partial charge is 0.468 e. The number of hydrogen-bond acceptors (Lipinski definition) is 4. The summed E-state index contributed by atoms with van der Waals surface area (Å²) in [5.74, 6) is 0.980. The zero-order chi connectivity index (χ0) is 15.9. The second-order valence-electron chi connectivity index (χ2n) is 5.95. The molecule has 0 radical (unpaired) electrons. The van der Waals surface area contributed by atoms with Crippen LogP contribution in [-0.4, -0.2) is 40.2 Å². The van der Waals surface area contributed by atoms with Crippen molar-refractivity contribution in [1.82, 2.24) is 20.0 Å². The summed E-state index contributed by atoms with van der Waals surface area (Å²) in [7, 11) is 0. The molecular weight excluding hydrogens is 292 g/mol. The third-order valence-corrected chi connectivity index (χ3v) is 4.32. The Morgan fingerprint density at radius 2 is 2.17 bits per heavy atom. The number of likely N-dealkylation sites (tertiary alicyclic amines) is 1. The molecule has 6 heteroatoms. The molecule has 0 aromatic carbocycles. The summed E-state index contributed by atoms with van der Waals surface area (Å²) in [5, 5.41) is 7.16. The van der Waals surface area contributed by atoms with Crippen molar-refractivity contribution in [3.05, 3.63) is 42.6 Å².